The number of halogens is 3. The van der Waals surface area contributed by atoms with Crippen molar-refractivity contribution in [1.82, 2.24) is 0 Å². The maximum atomic E-state index is 12.8. The predicted molar refractivity (Wildman–Crippen MR) is 73.2 cm³/mol. The minimum absolute atomic E-state index is 0.0437. The van der Waals surface area contributed by atoms with E-state index >= 15 is 0 Å². The van der Waals surface area contributed by atoms with Gasteiger partial charge in [0.2, 0.25) is 0 Å². The second-order valence-corrected chi connectivity index (χ2v) is 5.41. The lowest BCUT2D eigenvalue weighted by molar-refractivity contribution is -0.137. The van der Waals surface area contributed by atoms with Crippen LogP contribution in [0.15, 0.2) is 24.3 Å². The summed E-state index contributed by atoms with van der Waals surface area (Å²) >= 11 is 0. The van der Waals surface area contributed by atoms with E-state index in [1.165, 1.54) is 12.1 Å². The number of hydrogen-bond acceptors (Lipinski definition) is 1. The first-order valence-corrected chi connectivity index (χ1v) is 6.73. The van der Waals surface area contributed by atoms with E-state index in [-0.39, 0.29) is 11.7 Å². The molecule has 0 bridgehead atoms. The first-order valence-electron chi connectivity index (χ1n) is 6.73. The van der Waals surface area contributed by atoms with Gasteiger partial charge in [-0.1, -0.05) is 38.8 Å². The molecule has 108 valence electrons. The largest absolute Gasteiger partial charge is 0.418 e. The molecule has 0 aliphatic carbocycles. The lowest BCUT2D eigenvalue weighted by Crippen LogP contribution is -2.18. The van der Waals surface area contributed by atoms with Crippen molar-refractivity contribution in [3.8, 4) is 0 Å². The second-order valence-electron chi connectivity index (χ2n) is 5.41. The van der Waals surface area contributed by atoms with E-state index in [1.54, 1.807) is 6.07 Å². The van der Waals surface area contributed by atoms with Crippen LogP contribution in [0.25, 0.3) is 0 Å². The van der Waals surface area contributed by atoms with Gasteiger partial charge in [0.25, 0.3) is 0 Å². The smallest absolute Gasteiger partial charge is 0.382 e. The Morgan fingerprint density at radius 3 is 2.26 bits per heavy atom. The molecule has 4 heteroatoms. The molecular weight excluding hydrogens is 251 g/mol. The van der Waals surface area contributed by atoms with Crippen molar-refractivity contribution >= 4 is 5.69 Å². The van der Waals surface area contributed by atoms with Gasteiger partial charge in [-0.3, -0.25) is 0 Å². The number of rotatable bonds is 6. The molecule has 1 atom stereocenters. The van der Waals surface area contributed by atoms with Crippen LogP contribution in [0.5, 0.6) is 0 Å². The minimum Gasteiger partial charge on any atom is -0.382 e. The molecule has 0 heterocycles. The monoisotopic (exact) mass is 273 g/mol. The Bertz CT molecular complexity index is 385. The highest BCUT2D eigenvalue weighted by Crippen LogP contribution is 2.34. The van der Waals surface area contributed by atoms with Gasteiger partial charge in [0.05, 0.1) is 5.56 Å². The van der Waals surface area contributed by atoms with Crippen molar-refractivity contribution < 1.29 is 13.2 Å². The van der Waals surface area contributed by atoms with Gasteiger partial charge in [-0.15, -0.1) is 0 Å². The first-order chi connectivity index (χ1) is 8.80. The number of hydrogen-bond donors (Lipinski definition) is 1. The molecule has 1 aromatic rings. The van der Waals surface area contributed by atoms with Crippen LogP contribution in [0.2, 0.25) is 0 Å². The fraction of sp³-hybridized carbons (Fsp3) is 0.600. The maximum absolute atomic E-state index is 12.8. The van der Waals surface area contributed by atoms with Crippen LogP contribution in [0.1, 0.15) is 45.6 Å². The van der Waals surface area contributed by atoms with E-state index in [2.05, 4.69) is 19.2 Å². The van der Waals surface area contributed by atoms with Gasteiger partial charge in [0.1, 0.15) is 0 Å². The van der Waals surface area contributed by atoms with Crippen LogP contribution in [0, 0.1) is 5.92 Å². The fourth-order valence-corrected chi connectivity index (χ4v) is 2.03. The molecule has 1 unspecified atom stereocenters. The van der Waals surface area contributed by atoms with Gasteiger partial charge in [0.15, 0.2) is 0 Å². The van der Waals surface area contributed by atoms with Gasteiger partial charge >= 0.3 is 6.18 Å². The zero-order valence-electron chi connectivity index (χ0n) is 11.7. The normalized spacial score (nSPS) is 13.6. The summed E-state index contributed by atoms with van der Waals surface area (Å²) in [6.07, 6.45) is -1.29. The number of para-hydroxylation sites is 1. The van der Waals surface area contributed by atoms with E-state index in [0.29, 0.717) is 5.92 Å². The summed E-state index contributed by atoms with van der Waals surface area (Å²) in [5.74, 6) is 0.634. The topological polar surface area (TPSA) is 12.0 Å². The van der Waals surface area contributed by atoms with Crippen LogP contribution >= 0.6 is 0 Å². The Morgan fingerprint density at radius 1 is 1.05 bits per heavy atom. The second kappa shape index (κ2) is 6.83. The highest BCUT2D eigenvalue weighted by molar-refractivity contribution is 5.53. The first kappa shape index (κ1) is 15.9. The van der Waals surface area contributed by atoms with Gasteiger partial charge in [-0.2, -0.15) is 13.2 Å². The van der Waals surface area contributed by atoms with Crippen molar-refractivity contribution in [3.63, 3.8) is 0 Å². The van der Waals surface area contributed by atoms with E-state index in [0.717, 1.165) is 25.3 Å². The van der Waals surface area contributed by atoms with Crippen molar-refractivity contribution in [3.05, 3.63) is 29.8 Å². The third-order valence-electron chi connectivity index (χ3n) is 3.05. The Kier molecular flexibility index (Phi) is 5.70. The van der Waals surface area contributed by atoms with Crippen LogP contribution < -0.4 is 5.32 Å². The molecule has 0 saturated heterocycles. The van der Waals surface area contributed by atoms with E-state index < -0.39 is 11.7 Å². The Morgan fingerprint density at radius 2 is 1.68 bits per heavy atom. The van der Waals surface area contributed by atoms with E-state index in [9.17, 15) is 13.2 Å². The molecule has 0 aromatic heterocycles. The molecule has 0 saturated carbocycles. The van der Waals surface area contributed by atoms with Gasteiger partial charge in [-0.05, 0) is 31.4 Å². The summed E-state index contributed by atoms with van der Waals surface area (Å²) in [7, 11) is 0. The van der Waals surface area contributed by atoms with Crippen LogP contribution in [0.4, 0.5) is 18.9 Å². The Hall–Kier alpha value is -1.19. The number of anilines is 1. The lowest BCUT2D eigenvalue weighted by atomic mass is 10.0. The summed E-state index contributed by atoms with van der Waals surface area (Å²) in [6.45, 7) is 6.22. The molecule has 1 aromatic carbocycles. The molecule has 19 heavy (non-hydrogen) atoms. The summed E-state index contributed by atoms with van der Waals surface area (Å²) in [4.78, 5) is 0. The van der Waals surface area contributed by atoms with Crippen LogP contribution in [0.3, 0.4) is 0 Å². The van der Waals surface area contributed by atoms with Gasteiger partial charge in [0, 0.05) is 11.7 Å². The highest BCUT2D eigenvalue weighted by Gasteiger charge is 2.33. The third-order valence-corrected chi connectivity index (χ3v) is 3.05. The average molecular weight is 273 g/mol. The van der Waals surface area contributed by atoms with E-state index in [1.807, 2.05) is 6.92 Å². The Balaban J connectivity index is 2.62. The molecule has 1 nitrogen and oxygen atoms in total. The quantitative estimate of drug-likeness (QED) is 0.738. The molecule has 0 aliphatic rings. The molecule has 0 radical (unpaired) electrons. The Labute approximate surface area is 113 Å². The number of nitrogens with one attached hydrogen (secondary N) is 1. The van der Waals surface area contributed by atoms with E-state index in [4.69, 9.17) is 0 Å². The van der Waals surface area contributed by atoms with Crippen molar-refractivity contribution in [2.24, 2.45) is 5.92 Å². The predicted octanol–water partition coefficient (Wildman–Crippen LogP) is 5.33. The third kappa shape index (κ3) is 5.53. The lowest BCUT2D eigenvalue weighted by Gasteiger charge is -2.19. The zero-order valence-corrected chi connectivity index (χ0v) is 11.7. The summed E-state index contributed by atoms with van der Waals surface area (Å²) < 4.78 is 38.4. The molecule has 1 N–H and O–H groups in total. The van der Waals surface area contributed by atoms with Gasteiger partial charge < -0.3 is 5.32 Å². The maximum Gasteiger partial charge on any atom is 0.418 e. The summed E-state index contributed by atoms with van der Waals surface area (Å²) in [5.41, 5.74) is -0.419. The molecule has 1 rings (SSSR count). The molecule has 0 amide bonds. The van der Waals surface area contributed by atoms with Crippen LogP contribution in [-0.2, 0) is 6.18 Å². The SMILES string of the molecule is CC(C)CCCC(C)Nc1ccccc1C(F)(F)F. The standard InChI is InChI=1S/C15H22F3N/c1-11(2)7-6-8-12(3)19-14-10-5-4-9-13(14)15(16,17)18/h4-5,9-12,19H,6-8H2,1-3H3. The molecule has 0 aliphatic heterocycles. The number of benzene rings is 1. The summed E-state index contributed by atoms with van der Waals surface area (Å²) in [5, 5.41) is 2.97. The molecular formula is C15H22F3N. The molecule has 0 fully saturated rings. The minimum atomic E-state index is -4.30. The zero-order chi connectivity index (χ0) is 14.5. The van der Waals surface area contributed by atoms with Crippen molar-refractivity contribution in [1.29, 1.82) is 0 Å². The fourth-order valence-electron chi connectivity index (χ4n) is 2.03. The average Bonchev–Trinajstić information content (AvgIpc) is 2.27. The molecule has 0 spiro atoms. The van der Waals surface area contributed by atoms with Crippen molar-refractivity contribution in [2.45, 2.75) is 52.3 Å². The summed E-state index contributed by atoms with van der Waals surface area (Å²) in [6, 6.07) is 5.68. The highest BCUT2D eigenvalue weighted by atomic mass is 19.4. The number of alkyl halides is 3. The van der Waals surface area contributed by atoms with Gasteiger partial charge in [-0.25, -0.2) is 0 Å². The van der Waals surface area contributed by atoms with Crippen LogP contribution in [-0.4, -0.2) is 6.04 Å². The van der Waals surface area contributed by atoms with Crippen molar-refractivity contribution in [2.75, 3.05) is 5.32 Å².